The first-order chi connectivity index (χ1) is 9.08. The molecule has 2 aromatic rings. The number of hydrogen-bond acceptors (Lipinski definition) is 6. The molecule has 0 aliphatic carbocycles. The van der Waals surface area contributed by atoms with Crippen LogP contribution in [0.1, 0.15) is 16.2 Å². The average Bonchev–Trinajstić information content (AvgIpc) is 2.37. The van der Waals surface area contributed by atoms with Gasteiger partial charge in [-0.2, -0.15) is 0 Å². The summed E-state index contributed by atoms with van der Waals surface area (Å²) in [6.45, 7) is 1.75. The third kappa shape index (κ3) is 3.19. The molecule has 19 heavy (non-hydrogen) atoms. The van der Waals surface area contributed by atoms with Crippen molar-refractivity contribution in [1.29, 1.82) is 0 Å². The molecule has 0 spiro atoms. The largest absolute Gasteiger partial charge is 0.508 e. The Balaban J connectivity index is 2.30. The Kier molecular flexibility index (Phi) is 3.61. The fraction of sp³-hybridized carbons (Fsp3) is 0.154. The lowest BCUT2D eigenvalue weighted by molar-refractivity contribution is 0.0594. The van der Waals surface area contributed by atoms with Gasteiger partial charge in [-0.05, 0) is 25.1 Å². The normalized spacial score (nSPS) is 10.0. The number of benzene rings is 1. The Bertz CT molecular complexity index is 614. The summed E-state index contributed by atoms with van der Waals surface area (Å²) in [4.78, 5) is 19.7. The maximum atomic E-state index is 11.4. The number of carbonyl (C=O) groups is 1. The number of anilines is 2. The van der Waals surface area contributed by atoms with Crippen molar-refractivity contribution >= 4 is 17.6 Å². The van der Waals surface area contributed by atoms with E-state index in [0.29, 0.717) is 11.4 Å². The van der Waals surface area contributed by atoms with Crippen LogP contribution in [0.3, 0.4) is 0 Å². The Morgan fingerprint density at radius 2 is 2.11 bits per heavy atom. The van der Waals surface area contributed by atoms with Gasteiger partial charge < -0.3 is 15.2 Å². The standard InChI is InChI=1S/C13H13N3O3/c1-8-6-11(12(18)19-2)16-13(14-8)15-9-4-3-5-10(17)7-9/h3-7,17H,1-2H3,(H,14,15,16). The second-order valence-electron chi connectivity index (χ2n) is 3.89. The number of aromatic nitrogens is 2. The van der Waals surface area contributed by atoms with Gasteiger partial charge in [-0.1, -0.05) is 6.07 Å². The van der Waals surface area contributed by atoms with Crippen LogP contribution in [0.25, 0.3) is 0 Å². The molecular formula is C13H13N3O3. The highest BCUT2D eigenvalue weighted by molar-refractivity contribution is 5.87. The number of esters is 1. The van der Waals surface area contributed by atoms with Crippen molar-refractivity contribution in [1.82, 2.24) is 9.97 Å². The van der Waals surface area contributed by atoms with Crippen LogP contribution in [0, 0.1) is 6.92 Å². The molecular weight excluding hydrogens is 246 g/mol. The molecule has 2 rings (SSSR count). The highest BCUT2D eigenvalue weighted by atomic mass is 16.5. The predicted octanol–water partition coefficient (Wildman–Crippen LogP) is 2.02. The van der Waals surface area contributed by atoms with E-state index in [-0.39, 0.29) is 17.4 Å². The van der Waals surface area contributed by atoms with Crippen LogP contribution < -0.4 is 5.32 Å². The summed E-state index contributed by atoms with van der Waals surface area (Å²) < 4.78 is 4.62. The fourth-order valence-corrected chi connectivity index (χ4v) is 1.55. The van der Waals surface area contributed by atoms with E-state index in [2.05, 4.69) is 20.0 Å². The van der Waals surface area contributed by atoms with Crippen LogP contribution in [-0.4, -0.2) is 28.2 Å². The van der Waals surface area contributed by atoms with E-state index in [1.54, 1.807) is 31.2 Å². The molecule has 0 aliphatic heterocycles. The van der Waals surface area contributed by atoms with E-state index < -0.39 is 5.97 Å². The second-order valence-corrected chi connectivity index (χ2v) is 3.89. The van der Waals surface area contributed by atoms with Crippen LogP contribution in [0.15, 0.2) is 30.3 Å². The van der Waals surface area contributed by atoms with Crippen molar-refractivity contribution < 1.29 is 14.6 Å². The Hall–Kier alpha value is -2.63. The van der Waals surface area contributed by atoms with Gasteiger partial charge in [0.2, 0.25) is 5.95 Å². The number of ether oxygens (including phenoxy) is 1. The van der Waals surface area contributed by atoms with Crippen LogP contribution in [0.2, 0.25) is 0 Å². The molecule has 0 bridgehead atoms. The Morgan fingerprint density at radius 3 is 2.79 bits per heavy atom. The van der Waals surface area contributed by atoms with Gasteiger partial charge in [0.25, 0.3) is 0 Å². The minimum absolute atomic E-state index is 0.130. The van der Waals surface area contributed by atoms with Gasteiger partial charge in [0, 0.05) is 17.4 Å². The number of rotatable bonds is 3. The van der Waals surface area contributed by atoms with Crippen molar-refractivity contribution in [3.05, 3.63) is 41.7 Å². The monoisotopic (exact) mass is 259 g/mol. The molecule has 0 atom stereocenters. The van der Waals surface area contributed by atoms with Crippen molar-refractivity contribution in [2.45, 2.75) is 6.92 Å². The third-order valence-electron chi connectivity index (χ3n) is 2.35. The molecule has 0 saturated carbocycles. The highest BCUT2D eigenvalue weighted by Gasteiger charge is 2.10. The summed E-state index contributed by atoms with van der Waals surface area (Å²) in [5.74, 6) is -0.124. The zero-order valence-corrected chi connectivity index (χ0v) is 10.5. The van der Waals surface area contributed by atoms with Gasteiger partial charge in [0.05, 0.1) is 7.11 Å². The van der Waals surface area contributed by atoms with Gasteiger partial charge in [0.15, 0.2) is 5.69 Å². The second kappa shape index (κ2) is 5.34. The number of methoxy groups -OCH3 is 1. The maximum Gasteiger partial charge on any atom is 0.356 e. The van der Waals surface area contributed by atoms with Gasteiger partial charge in [0.1, 0.15) is 5.75 Å². The first kappa shape index (κ1) is 12.8. The highest BCUT2D eigenvalue weighted by Crippen LogP contribution is 2.18. The lowest BCUT2D eigenvalue weighted by Gasteiger charge is -2.07. The third-order valence-corrected chi connectivity index (χ3v) is 2.35. The lowest BCUT2D eigenvalue weighted by atomic mass is 10.3. The topological polar surface area (TPSA) is 84.3 Å². The van der Waals surface area contributed by atoms with Gasteiger partial charge in [-0.25, -0.2) is 14.8 Å². The zero-order valence-electron chi connectivity index (χ0n) is 10.5. The molecule has 1 aromatic heterocycles. The number of aryl methyl sites for hydroxylation is 1. The summed E-state index contributed by atoms with van der Waals surface area (Å²) in [6.07, 6.45) is 0. The van der Waals surface area contributed by atoms with Crippen molar-refractivity contribution in [3.8, 4) is 5.75 Å². The van der Waals surface area contributed by atoms with Crippen LogP contribution in [0.4, 0.5) is 11.6 Å². The number of aromatic hydroxyl groups is 1. The molecule has 2 N–H and O–H groups in total. The molecule has 0 saturated heterocycles. The summed E-state index contributed by atoms with van der Waals surface area (Å²) in [5, 5.41) is 12.3. The molecule has 0 aliphatic rings. The molecule has 0 unspecified atom stereocenters. The van der Waals surface area contributed by atoms with E-state index in [0.717, 1.165) is 0 Å². The van der Waals surface area contributed by atoms with E-state index >= 15 is 0 Å². The first-order valence-electron chi connectivity index (χ1n) is 5.58. The Morgan fingerprint density at radius 1 is 1.32 bits per heavy atom. The molecule has 1 aromatic carbocycles. The predicted molar refractivity (Wildman–Crippen MR) is 69.5 cm³/mol. The lowest BCUT2D eigenvalue weighted by Crippen LogP contribution is -2.08. The number of nitrogens with zero attached hydrogens (tertiary/aromatic N) is 2. The summed E-state index contributed by atoms with van der Waals surface area (Å²) in [5.41, 5.74) is 1.44. The molecule has 0 amide bonds. The number of carbonyl (C=O) groups excluding carboxylic acids is 1. The van der Waals surface area contributed by atoms with Crippen LogP contribution in [0.5, 0.6) is 5.75 Å². The number of phenolic OH excluding ortho intramolecular Hbond substituents is 1. The molecule has 0 radical (unpaired) electrons. The summed E-state index contributed by atoms with van der Waals surface area (Å²) in [7, 11) is 1.29. The van der Waals surface area contributed by atoms with Crippen LogP contribution >= 0.6 is 0 Å². The Labute approximate surface area is 110 Å². The van der Waals surface area contributed by atoms with Gasteiger partial charge in [-0.15, -0.1) is 0 Å². The van der Waals surface area contributed by atoms with Gasteiger partial charge >= 0.3 is 5.97 Å². The molecule has 6 heteroatoms. The van der Waals surface area contributed by atoms with Crippen molar-refractivity contribution in [2.75, 3.05) is 12.4 Å². The molecule has 0 fully saturated rings. The smallest absolute Gasteiger partial charge is 0.356 e. The quantitative estimate of drug-likeness (QED) is 0.820. The van der Waals surface area contributed by atoms with Crippen LogP contribution in [-0.2, 0) is 4.74 Å². The zero-order chi connectivity index (χ0) is 13.8. The summed E-state index contributed by atoms with van der Waals surface area (Å²) in [6, 6.07) is 8.07. The van der Waals surface area contributed by atoms with E-state index in [1.165, 1.54) is 13.2 Å². The maximum absolute atomic E-state index is 11.4. The minimum Gasteiger partial charge on any atom is -0.508 e. The molecule has 1 heterocycles. The van der Waals surface area contributed by atoms with E-state index in [1.807, 2.05) is 0 Å². The molecule has 6 nitrogen and oxygen atoms in total. The SMILES string of the molecule is COC(=O)c1cc(C)nc(Nc2cccc(O)c2)n1. The average molecular weight is 259 g/mol. The first-order valence-corrected chi connectivity index (χ1v) is 5.58. The number of nitrogens with one attached hydrogen (secondary N) is 1. The van der Waals surface area contributed by atoms with Gasteiger partial charge in [-0.3, -0.25) is 0 Å². The fourth-order valence-electron chi connectivity index (χ4n) is 1.55. The van der Waals surface area contributed by atoms with Crippen molar-refractivity contribution in [3.63, 3.8) is 0 Å². The van der Waals surface area contributed by atoms with Crippen molar-refractivity contribution in [2.24, 2.45) is 0 Å². The van der Waals surface area contributed by atoms with E-state index in [4.69, 9.17) is 0 Å². The number of hydrogen-bond donors (Lipinski definition) is 2. The molecule has 98 valence electrons. The summed E-state index contributed by atoms with van der Waals surface area (Å²) >= 11 is 0. The van der Waals surface area contributed by atoms with E-state index in [9.17, 15) is 9.90 Å². The minimum atomic E-state index is -0.524. The number of phenols is 1.